The molecule has 1 aliphatic heterocycles. The van der Waals surface area contributed by atoms with Crippen molar-refractivity contribution in [2.75, 3.05) is 18.0 Å². The van der Waals surface area contributed by atoms with Gasteiger partial charge in [0, 0.05) is 36.3 Å². The van der Waals surface area contributed by atoms with Crippen LogP contribution in [0.25, 0.3) is 11.4 Å². The number of aliphatic carboxylic acids is 1. The van der Waals surface area contributed by atoms with Crippen LogP contribution in [0.2, 0.25) is 0 Å². The van der Waals surface area contributed by atoms with Gasteiger partial charge in [-0.1, -0.05) is 0 Å². The van der Waals surface area contributed by atoms with Gasteiger partial charge in [-0.2, -0.15) is 4.98 Å². The Hall–Kier alpha value is -2.77. The monoisotopic (exact) mass is 431 g/mol. The molecule has 0 amide bonds. The first-order valence-corrected chi connectivity index (χ1v) is 10.8. The molecule has 2 aromatic rings. The fraction of sp³-hybridized carbons (Fsp3) is 0.522. The topological polar surface area (TPSA) is 75.6 Å². The van der Waals surface area contributed by atoms with E-state index < -0.39 is 17.6 Å². The van der Waals surface area contributed by atoms with Gasteiger partial charge in [-0.25, -0.2) is 13.8 Å². The van der Waals surface area contributed by atoms with E-state index in [1.807, 2.05) is 13.8 Å². The molecule has 1 aromatic heterocycles. The molecule has 1 saturated heterocycles. The molecular weight excluding hydrogens is 404 g/mol. The maximum absolute atomic E-state index is 15.0. The minimum absolute atomic E-state index is 0.0390. The Morgan fingerprint density at radius 1 is 1.13 bits per heavy atom. The summed E-state index contributed by atoms with van der Waals surface area (Å²) in [5.74, 6) is -1.43. The third-order valence-corrected chi connectivity index (χ3v) is 6.34. The van der Waals surface area contributed by atoms with E-state index in [-0.39, 0.29) is 35.5 Å². The lowest BCUT2D eigenvalue weighted by atomic mass is 9.93. The standard InChI is InChI=1S/C23H27F2N3O3/c1-13-14(2)26-22(27-23(13)31-17-4-3-5-17)16-11-18(24)21(19(25)12-16)28-8-6-15(7-9-28)10-20(29)30/h11-12,15,17H,3-10H2,1-2H3,(H,29,30). The second-order valence-electron chi connectivity index (χ2n) is 8.55. The lowest BCUT2D eigenvalue weighted by molar-refractivity contribution is -0.138. The van der Waals surface area contributed by atoms with Gasteiger partial charge in [0.25, 0.3) is 0 Å². The second-order valence-corrected chi connectivity index (χ2v) is 8.55. The summed E-state index contributed by atoms with van der Waals surface area (Å²) in [5.41, 5.74) is 1.73. The molecule has 0 unspecified atom stereocenters. The summed E-state index contributed by atoms with van der Waals surface area (Å²) in [7, 11) is 0. The van der Waals surface area contributed by atoms with E-state index in [0.29, 0.717) is 37.5 Å². The summed E-state index contributed by atoms with van der Waals surface area (Å²) in [6.07, 6.45) is 4.52. The first-order valence-electron chi connectivity index (χ1n) is 10.8. The largest absolute Gasteiger partial charge is 0.481 e. The van der Waals surface area contributed by atoms with Gasteiger partial charge >= 0.3 is 5.97 Å². The van der Waals surface area contributed by atoms with E-state index >= 15 is 0 Å². The normalized spacial score (nSPS) is 17.5. The van der Waals surface area contributed by atoms with Crippen LogP contribution in [0, 0.1) is 31.4 Å². The van der Waals surface area contributed by atoms with Crippen LogP contribution < -0.4 is 9.64 Å². The Morgan fingerprint density at radius 3 is 2.32 bits per heavy atom. The number of carbonyl (C=O) groups is 1. The number of aromatic nitrogens is 2. The molecule has 2 heterocycles. The highest BCUT2D eigenvalue weighted by molar-refractivity contribution is 5.67. The molecule has 2 fully saturated rings. The highest BCUT2D eigenvalue weighted by Gasteiger charge is 2.27. The first kappa shape index (κ1) is 21.5. The van der Waals surface area contributed by atoms with Gasteiger partial charge in [0.05, 0.1) is 0 Å². The van der Waals surface area contributed by atoms with Crippen LogP contribution in [0.4, 0.5) is 14.5 Å². The molecule has 1 aliphatic carbocycles. The number of ether oxygens (including phenoxy) is 1. The summed E-state index contributed by atoms with van der Waals surface area (Å²) < 4.78 is 35.9. The van der Waals surface area contributed by atoms with E-state index in [0.717, 1.165) is 24.8 Å². The summed E-state index contributed by atoms with van der Waals surface area (Å²) in [4.78, 5) is 21.4. The Kier molecular flexibility index (Phi) is 6.07. The second kappa shape index (κ2) is 8.77. The molecule has 1 aromatic carbocycles. The molecule has 2 aliphatic rings. The molecule has 1 saturated carbocycles. The quantitative estimate of drug-likeness (QED) is 0.717. The van der Waals surface area contributed by atoms with Crippen molar-refractivity contribution in [3.63, 3.8) is 0 Å². The van der Waals surface area contributed by atoms with Crippen molar-refractivity contribution in [2.24, 2.45) is 5.92 Å². The van der Waals surface area contributed by atoms with Crippen LogP contribution in [0.5, 0.6) is 5.88 Å². The van der Waals surface area contributed by atoms with Gasteiger partial charge in [0.2, 0.25) is 5.88 Å². The van der Waals surface area contributed by atoms with Gasteiger partial charge in [-0.05, 0) is 64.0 Å². The molecule has 6 nitrogen and oxygen atoms in total. The number of hydrogen-bond donors (Lipinski definition) is 1. The lowest BCUT2D eigenvalue weighted by Gasteiger charge is -2.33. The maximum atomic E-state index is 15.0. The van der Waals surface area contributed by atoms with Crippen molar-refractivity contribution >= 4 is 11.7 Å². The van der Waals surface area contributed by atoms with Gasteiger partial charge < -0.3 is 14.7 Å². The molecule has 0 bridgehead atoms. The number of carboxylic acid groups (broad SMARTS) is 1. The van der Waals surface area contributed by atoms with Crippen LogP contribution in [0.1, 0.15) is 49.8 Å². The Morgan fingerprint density at radius 2 is 1.77 bits per heavy atom. The van der Waals surface area contributed by atoms with Crippen LogP contribution in [0.3, 0.4) is 0 Å². The Bertz CT molecular complexity index is 963. The van der Waals surface area contributed by atoms with Crippen LogP contribution in [-0.2, 0) is 4.79 Å². The number of anilines is 1. The summed E-state index contributed by atoms with van der Waals surface area (Å²) in [6, 6.07) is 2.53. The van der Waals surface area contributed by atoms with Crippen molar-refractivity contribution in [3.8, 4) is 17.3 Å². The van der Waals surface area contributed by atoms with Crippen molar-refractivity contribution in [1.82, 2.24) is 9.97 Å². The zero-order valence-corrected chi connectivity index (χ0v) is 17.8. The molecule has 8 heteroatoms. The average molecular weight is 431 g/mol. The zero-order valence-electron chi connectivity index (χ0n) is 17.8. The van der Waals surface area contributed by atoms with E-state index in [2.05, 4.69) is 9.97 Å². The Labute approximate surface area is 180 Å². The van der Waals surface area contributed by atoms with Crippen molar-refractivity contribution < 1.29 is 23.4 Å². The minimum atomic E-state index is -0.839. The molecule has 1 N–H and O–H groups in total. The third-order valence-electron chi connectivity index (χ3n) is 6.34. The summed E-state index contributed by atoms with van der Waals surface area (Å²) in [6.45, 7) is 4.55. The number of piperidine rings is 1. The molecule has 0 radical (unpaired) electrons. The molecule has 31 heavy (non-hydrogen) atoms. The molecular formula is C23H27F2N3O3. The van der Waals surface area contributed by atoms with Crippen molar-refractivity contribution in [3.05, 3.63) is 35.0 Å². The van der Waals surface area contributed by atoms with Crippen LogP contribution >= 0.6 is 0 Å². The third kappa shape index (κ3) is 4.62. The van der Waals surface area contributed by atoms with E-state index in [1.54, 1.807) is 4.90 Å². The van der Waals surface area contributed by atoms with Crippen LogP contribution in [0.15, 0.2) is 12.1 Å². The summed E-state index contributed by atoms with van der Waals surface area (Å²) in [5, 5.41) is 8.94. The van der Waals surface area contributed by atoms with E-state index in [1.165, 1.54) is 12.1 Å². The fourth-order valence-corrected chi connectivity index (χ4v) is 4.10. The summed E-state index contributed by atoms with van der Waals surface area (Å²) >= 11 is 0. The van der Waals surface area contributed by atoms with Gasteiger partial charge in [-0.3, -0.25) is 4.79 Å². The average Bonchev–Trinajstić information content (AvgIpc) is 2.68. The van der Waals surface area contributed by atoms with Crippen LogP contribution in [-0.4, -0.2) is 40.2 Å². The molecule has 166 valence electrons. The SMILES string of the molecule is Cc1nc(-c2cc(F)c(N3CCC(CC(=O)O)CC3)c(F)c2)nc(OC2CCC2)c1C. The number of aryl methyl sites for hydroxylation is 1. The molecule has 0 spiro atoms. The lowest BCUT2D eigenvalue weighted by Crippen LogP contribution is -2.35. The van der Waals surface area contributed by atoms with E-state index in [4.69, 9.17) is 9.84 Å². The first-order chi connectivity index (χ1) is 14.8. The predicted octanol–water partition coefficient (Wildman–Crippen LogP) is 4.66. The Balaban J connectivity index is 1.57. The zero-order chi connectivity index (χ0) is 22.1. The number of benzene rings is 1. The number of nitrogens with zero attached hydrogens (tertiary/aromatic N) is 3. The minimum Gasteiger partial charge on any atom is -0.481 e. The maximum Gasteiger partial charge on any atom is 0.303 e. The number of halogens is 2. The number of carboxylic acids is 1. The van der Waals surface area contributed by atoms with Gasteiger partial charge in [0.1, 0.15) is 23.4 Å². The molecule has 0 atom stereocenters. The van der Waals surface area contributed by atoms with Gasteiger partial charge in [0.15, 0.2) is 5.82 Å². The van der Waals surface area contributed by atoms with Gasteiger partial charge in [-0.15, -0.1) is 0 Å². The highest BCUT2D eigenvalue weighted by atomic mass is 19.1. The number of rotatable bonds is 6. The van der Waals surface area contributed by atoms with E-state index in [9.17, 15) is 13.6 Å². The van der Waals surface area contributed by atoms with Crippen molar-refractivity contribution in [2.45, 2.75) is 58.5 Å². The fourth-order valence-electron chi connectivity index (χ4n) is 4.10. The molecule has 4 rings (SSSR count). The van der Waals surface area contributed by atoms with Crippen molar-refractivity contribution in [1.29, 1.82) is 0 Å². The predicted molar refractivity (Wildman–Crippen MR) is 112 cm³/mol. The highest BCUT2D eigenvalue weighted by Crippen LogP contribution is 2.34. The number of hydrogen-bond acceptors (Lipinski definition) is 5. The smallest absolute Gasteiger partial charge is 0.303 e.